The first-order valence-corrected chi connectivity index (χ1v) is 16.2. The van der Waals surface area contributed by atoms with Gasteiger partial charge in [0.15, 0.2) is 48.8 Å². The number of ether oxygens (including phenoxy) is 4. The quantitative estimate of drug-likeness (QED) is 0.0720. The SMILES string of the molecule is COc1cc2sc(CCP(O)O)cc2c(F)c1OCCCOc1c(OC)cc2sc(C(=O)CC(C)(C)C(=O)O)cc2c1F. The van der Waals surface area contributed by atoms with E-state index in [1.54, 1.807) is 18.2 Å². The van der Waals surface area contributed by atoms with Crippen molar-refractivity contribution in [3.8, 4) is 23.0 Å². The van der Waals surface area contributed by atoms with Gasteiger partial charge >= 0.3 is 5.97 Å². The Hall–Kier alpha value is -3.09. The van der Waals surface area contributed by atoms with E-state index in [-0.39, 0.29) is 65.5 Å². The number of thiophene rings is 2. The molecule has 0 unspecified atom stereocenters. The smallest absolute Gasteiger partial charge is 0.309 e. The van der Waals surface area contributed by atoms with Crippen molar-refractivity contribution >= 4 is 63.0 Å². The van der Waals surface area contributed by atoms with Gasteiger partial charge in [-0.15, -0.1) is 22.7 Å². The van der Waals surface area contributed by atoms with Crippen molar-refractivity contribution in [1.29, 1.82) is 0 Å². The molecule has 4 rings (SSSR count). The van der Waals surface area contributed by atoms with Gasteiger partial charge in [0.25, 0.3) is 0 Å². The van der Waals surface area contributed by atoms with Crippen LogP contribution in [0.25, 0.3) is 20.2 Å². The molecule has 0 aliphatic rings. The lowest BCUT2D eigenvalue weighted by Crippen LogP contribution is -2.26. The fraction of sp³-hybridized carbons (Fsp3) is 0.379. The molecule has 0 aliphatic carbocycles. The zero-order chi connectivity index (χ0) is 31.5. The highest BCUT2D eigenvalue weighted by Crippen LogP contribution is 2.42. The van der Waals surface area contributed by atoms with E-state index in [0.29, 0.717) is 21.2 Å². The van der Waals surface area contributed by atoms with Crippen molar-refractivity contribution in [2.24, 2.45) is 5.41 Å². The van der Waals surface area contributed by atoms with Crippen LogP contribution in [0.3, 0.4) is 0 Å². The lowest BCUT2D eigenvalue weighted by molar-refractivity contribution is -0.146. The molecule has 2 aromatic carbocycles. The molecule has 0 saturated heterocycles. The number of carbonyl (C=O) groups excluding carboxylic acids is 1. The fourth-order valence-corrected chi connectivity index (χ4v) is 6.97. The predicted octanol–water partition coefficient (Wildman–Crippen LogP) is 6.78. The van der Waals surface area contributed by atoms with E-state index in [1.165, 1.54) is 45.5 Å². The number of rotatable bonds is 15. The summed E-state index contributed by atoms with van der Waals surface area (Å²) in [6, 6.07) is 6.27. The van der Waals surface area contributed by atoms with E-state index >= 15 is 8.78 Å². The molecule has 0 bridgehead atoms. The molecule has 0 atom stereocenters. The summed E-state index contributed by atoms with van der Waals surface area (Å²) >= 11 is 2.38. The van der Waals surface area contributed by atoms with Gasteiger partial charge in [0.05, 0.1) is 37.7 Å². The van der Waals surface area contributed by atoms with E-state index in [0.717, 1.165) is 16.2 Å². The van der Waals surface area contributed by atoms with Crippen LogP contribution in [0, 0.1) is 17.0 Å². The summed E-state index contributed by atoms with van der Waals surface area (Å²) in [4.78, 5) is 43.6. The molecule has 0 aliphatic heterocycles. The monoisotopic (exact) mass is 656 g/mol. The Balaban J connectivity index is 1.44. The Morgan fingerprint density at radius 2 is 1.42 bits per heavy atom. The van der Waals surface area contributed by atoms with Crippen LogP contribution in [0.4, 0.5) is 8.78 Å². The van der Waals surface area contributed by atoms with Crippen LogP contribution in [0.2, 0.25) is 0 Å². The number of Topliss-reactive ketones (excluding diaryl/α,β-unsaturated/α-hetero) is 1. The average molecular weight is 657 g/mol. The summed E-state index contributed by atoms with van der Waals surface area (Å²) in [6.07, 6.45) is 0.618. The van der Waals surface area contributed by atoms with E-state index in [1.807, 2.05) is 0 Å². The van der Waals surface area contributed by atoms with Gasteiger partial charge in [-0.1, -0.05) is 0 Å². The summed E-state index contributed by atoms with van der Waals surface area (Å²) < 4.78 is 54.0. The molecule has 0 saturated carbocycles. The number of carboxylic acid groups (broad SMARTS) is 1. The number of hydrogen-bond donors (Lipinski definition) is 3. The second-order valence-corrected chi connectivity index (χ2v) is 13.7. The van der Waals surface area contributed by atoms with Gasteiger partial charge in [0.1, 0.15) is 0 Å². The highest BCUT2D eigenvalue weighted by Gasteiger charge is 2.31. The number of methoxy groups -OCH3 is 2. The normalized spacial score (nSPS) is 11.8. The number of carbonyl (C=O) groups is 2. The number of aryl methyl sites for hydroxylation is 1. The highest BCUT2D eigenvalue weighted by atomic mass is 32.1. The third-order valence-electron chi connectivity index (χ3n) is 6.65. The first kappa shape index (κ1) is 32.8. The zero-order valence-corrected chi connectivity index (χ0v) is 26.4. The van der Waals surface area contributed by atoms with Crippen molar-refractivity contribution in [3.05, 3.63) is 45.7 Å². The maximum atomic E-state index is 15.5. The fourth-order valence-electron chi connectivity index (χ4n) is 4.27. The summed E-state index contributed by atoms with van der Waals surface area (Å²) in [5.74, 6) is -2.72. The van der Waals surface area contributed by atoms with E-state index in [2.05, 4.69) is 0 Å². The zero-order valence-electron chi connectivity index (χ0n) is 23.9. The number of halogens is 2. The molecular weight excluding hydrogens is 625 g/mol. The molecule has 2 aromatic heterocycles. The standard InChI is InChI=1S/C29H31F2O9PS2/c1-29(2,28(33)34)14-18(32)23-11-17-22(43-23)13-20(38-4)27(25(17)31)40-8-5-7-39-26-19(37-3)12-21-16(24(26)30)10-15(42-21)6-9-41(35)36/h10-13,35-36H,5-9,14H2,1-4H3,(H,33,34). The molecule has 2 heterocycles. The maximum absolute atomic E-state index is 15.5. The van der Waals surface area contributed by atoms with Crippen LogP contribution in [0.1, 0.15) is 41.2 Å². The van der Waals surface area contributed by atoms with Crippen molar-refractivity contribution in [3.63, 3.8) is 0 Å². The van der Waals surface area contributed by atoms with Crippen LogP contribution in [-0.4, -0.2) is 60.2 Å². The molecule has 14 heteroatoms. The maximum Gasteiger partial charge on any atom is 0.309 e. The van der Waals surface area contributed by atoms with Crippen LogP contribution in [0.5, 0.6) is 23.0 Å². The Morgan fingerprint density at radius 3 is 1.93 bits per heavy atom. The third-order valence-corrected chi connectivity index (χ3v) is 9.54. The van der Waals surface area contributed by atoms with Crippen LogP contribution >= 0.6 is 31.0 Å². The van der Waals surface area contributed by atoms with E-state index < -0.39 is 37.2 Å². The molecule has 3 N–H and O–H groups in total. The Kier molecular flexibility index (Phi) is 10.4. The summed E-state index contributed by atoms with van der Waals surface area (Å²) in [7, 11) is 0.722. The van der Waals surface area contributed by atoms with Crippen molar-refractivity contribution in [1.82, 2.24) is 0 Å². The Bertz CT molecular complexity index is 1650. The molecule has 43 heavy (non-hydrogen) atoms. The summed E-state index contributed by atoms with van der Waals surface area (Å²) in [5.41, 5.74) is -1.27. The number of fused-ring (bicyclic) bond motifs is 2. The van der Waals surface area contributed by atoms with E-state index in [4.69, 9.17) is 18.9 Å². The first-order valence-electron chi connectivity index (χ1n) is 13.1. The van der Waals surface area contributed by atoms with Gasteiger partial charge < -0.3 is 33.8 Å². The molecule has 4 aromatic rings. The molecular formula is C29H31F2O9PS2. The largest absolute Gasteiger partial charge is 0.493 e. The summed E-state index contributed by atoms with van der Waals surface area (Å²) in [5, 5.41) is 9.83. The summed E-state index contributed by atoms with van der Waals surface area (Å²) in [6.45, 7) is 2.93. The molecule has 0 fully saturated rings. The van der Waals surface area contributed by atoms with Crippen LogP contribution < -0.4 is 18.9 Å². The number of carboxylic acids is 1. The van der Waals surface area contributed by atoms with Crippen molar-refractivity contribution in [2.75, 3.05) is 33.6 Å². The minimum absolute atomic E-state index is 0.00158. The topological polar surface area (TPSA) is 132 Å². The lowest BCUT2D eigenvalue weighted by atomic mass is 9.87. The van der Waals surface area contributed by atoms with Crippen molar-refractivity contribution in [2.45, 2.75) is 33.1 Å². The van der Waals surface area contributed by atoms with Gasteiger partial charge in [-0.05, 0) is 32.4 Å². The second-order valence-electron chi connectivity index (χ2n) is 10.3. The average Bonchev–Trinajstić information content (AvgIpc) is 3.58. The van der Waals surface area contributed by atoms with Crippen LogP contribution in [0.15, 0.2) is 24.3 Å². The first-order chi connectivity index (χ1) is 20.4. The molecule has 0 spiro atoms. The number of benzene rings is 2. The molecule has 0 amide bonds. The van der Waals surface area contributed by atoms with Gasteiger partial charge in [0.2, 0.25) is 0 Å². The van der Waals surface area contributed by atoms with Crippen LogP contribution in [-0.2, 0) is 11.2 Å². The highest BCUT2D eigenvalue weighted by molar-refractivity contribution is 7.45. The number of aliphatic carboxylic acids is 1. The Morgan fingerprint density at radius 1 is 0.884 bits per heavy atom. The van der Waals surface area contributed by atoms with Gasteiger partial charge in [0, 0.05) is 56.2 Å². The number of hydrogen-bond acceptors (Lipinski definition) is 10. The van der Waals surface area contributed by atoms with Crippen molar-refractivity contribution < 1.29 is 52.2 Å². The number of ketones is 1. The lowest BCUT2D eigenvalue weighted by Gasteiger charge is -2.16. The molecule has 232 valence electrons. The molecule has 0 radical (unpaired) electrons. The predicted molar refractivity (Wildman–Crippen MR) is 163 cm³/mol. The van der Waals surface area contributed by atoms with Gasteiger partial charge in [-0.25, -0.2) is 8.78 Å². The van der Waals surface area contributed by atoms with Gasteiger partial charge in [-0.2, -0.15) is 0 Å². The van der Waals surface area contributed by atoms with E-state index in [9.17, 15) is 24.5 Å². The minimum atomic E-state index is -2.04. The third kappa shape index (κ3) is 7.35. The van der Waals surface area contributed by atoms with Gasteiger partial charge in [-0.3, -0.25) is 9.59 Å². The Labute approximate surface area is 255 Å². The minimum Gasteiger partial charge on any atom is -0.493 e. The second kappa shape index (κ2) is 13.7. The molecule has 9 nitrogen and oxygen atoms in total.